The molecule has 7 atom stereocenters. The van der Waals surface area contributed by atoms with Crippen LogP contribution in [-0.4, -0.2) is 13.1 Å². The minimum Gasteiger partial charge on any atom is -0.469 e. The Morgan fingerprint density at radius 1 is 1.00 bits per heavy atom. The van der Waals surface area contributed by atoms with Crippen molar-refractivity contribution in [1.29, 1.82) is 0 Å². The lowest BCUT2D eigenvalue weighted by molar-refractivity contribution is -0.189. The highest BCUT2D eigenvalue weighted by atomic mass is 16.5. The van der Waals surface area contributed by atoms with Gasteiger partial charge in [-0.2, -0.15) is 0 Å². The van der Waals surface area contributed by atoms with Crippen molar-refractivity contribution in [2.45, 2.75) is 138 Å². The predicted molar refractivity (Wildman–Crippen MR) is 149 cm³/mol. The molecule has 2 nitrogen and oxygen atoms in total. The van der Waals surface area contributed by atoms with Gasteiger partial charge < -0.3 is 4.74 Å². The number of esters is 1. The van der Waals surface area contributed by atoms with E-state index in [9.17, 15) is 4.79 Å². The van der Waals surface area contributed by atoms with E-state index in [1.807, 2.05) is 0 Å². The summed E-state index contributed by atoms with van der Waals surface area (Å²) in [7, 11) is 1.61. The third-order valence-corrected chi connectivity index (χ3v) is 12.1. The van der Waals surface area contributed by atoms with Crippen LogP contribution in [0.2, 0.25) is 0 Å². The lowest BCUT2D eigenvalue weighted by Gasteiger charge is -2.65. The Kier molecular flexibility index (Phi) is 8.97. The first-order chi connectivity index (χ1) is 16.4. The number of hydrogen-bond acceptors (Lipinski definition) is 2. The summed E-state index contributed by atoms with van der Waals surface area (Å²) in [5.41, 5.74) is 2.10. The molecule has 0 N–H and O–H groups in total. The van der Waals surface area contributed by atoms with Crippen molar-refractivity contribution in [1.82, 2.24) is 0 Å². The molecular formula is C33H58O2. The zero-order chi connectivity index (χ0) is 26.1. The van der Waals surface area contributed by atoms with Crippen molar-refractivity contribution >= 4 is 5.97 Å². The molecule has 0 radical (unpaired) electrons. The molecule has 0 heterocycles. The van der Waals surface area contributed by atoms with E-state index in [1.165, 1.54) is 76.2 Å². The maximum Gasteiger partial charge on any atom is 0.312 e. The van der Waals surface area contributed by atoms with Crippen LogP contribution in [0.25, 0.3) is 0 Å². The Bertz CT molecular complexity index is 752. The highest BCUT2D eigenvalue weighted by Gasteiger charge is 2.67. The standard InChI is InChI=1S/C33H58O2/c1-10-12-13-18-30(5,6)19-14-20-31(7)25(11-2)15-16-27-28-26(24(3)4)17-21-33(28,29(34)35-9)23-22-32(27,31)8/h25-28H,3,10-23H2,1-2,4-9H3/t25?,26-,27?,28?,31+,32+,33-/m0/s1. The van der Waals surface area contributed by atoms with E-state index >= 15 is 0 Å². The van der Waals surface area contributed by atoms with Crippen LogP contribution in [0.3, 0.4) is 0 Å². The first-order valence-corrected chi connectivity index (χ1v) is 15.2. The smallest absolute Gasteiger partial charge is 0.312 e. The number of methoxy groups -OCH3 is 1. The van der Waals surface area contributed by atoms with Crippen molar-refractivity contribution in [2.24, 2.45) is 45.3 Å². The van der Waals surface area contributed by atoms with E-state index < -0.39 is 0 Å². The molecule has 202 valence electrons. The lowest BCUT2D eigenvalue weighted by Crippen LogP contribution is -2.60. The number of allylic oxidation sites excluding steroid dienone is 1. The molecule has 3 fully saturated rings. The molecule has 0 saturated heterocycles. The lowest BCUT2D eigenvalue weighted by atomic mass is 9.39. The number of carbonyl (C=O) groups is 1. The molecule has 0 amide bonds. The summed E-state index contributed by atoms with van der Waals surface area (Å²) in [6.45, 7) is 21.7. The third-order valence-electron chi connectivity index (χ3n) is 12.1. The van der Waals surface area contributed by atoms with Crippen molar-refractivity contribution in [2.75, 3.05) is 7.11 Å². The topological polar surface area (TPSA) is 26.3 Å². The number of fused-ring (bicyclic) bond motifs is 3. The van der Waals surface area contributed by atoms with E-state index in [0.29, 0.717) is 34.0 Å². The fourth-order valence-corrected chi connectivity index (χ4v) is 9.69. The van der Waals surface area contributed by atoms with Crippen molar-refractivity contribution < 1.29 is 9.53 Å². The summed E-state index contributed by atoms with van der Waals surface area (Å²) < 4.78 is 5.50. The molecule has 3 saturated carbocycles. The average molecular weight is 487 g/mol. The molecule has 3 unspecified atom stereocenters. The molecule has 0 bridgehead atoms. The van der Waals surface area contributed by atoms with Crippen molar-refractivity contribution in [3.05, 3.63) is 12.2 Å². The van der Waals surface area contributed by atoms with E-state index in [-0.39, 0.29) is 11.4 Å². The van der Waals surface area contributed by atoms with Gasteiger partial charge in [-0.25, -0.2) is 0 Å². The van der Waals surface area contributed by atoms with E-state index in [1.54, 1.807) is 7.11 Å². The van der Waals surface area contributed by atoms with Crippen LogP contribution in [0.4, 0.5) is 0 Å². The number of hydrogen-bond donors (Lipinski definition) is 0. The van der Waals surface area contributed by atoms with E-state index in [4.69, 9.17) is 4.74 Å². The van der Waals surface area contributed by atoms with E-state index in [2.05, 4.69) is 55.0 Å². The fourth-order valence-electron chi connectivity index (χ4n) is 9.69. The normalized spacial score (nSPS) is 39.1. The molecule has 0 aromatic rings. The summed E-state index contributed by atoms with van der Waals surface area (Å²) >= 11 is 0. The van der Waals surface area contributed by atoms with Gasteiger partial charge in [-0.05, 0) is 105 Å². The van der Waals surface area contributed by atoms with Gasteiger partial charge in [-0.15, -0.1) is 0 Å². The zero-order valence-electron chi connectivity index (χ0n) is 24.7. The zero-order valence-corrected chi connectivity index (χ0v) is 24.7. The molecule has 0 aromatic heterocycles. The molecule has 3 aliphatic carbocycles. The maximum atomic E-state index is 13.3. The maximum absolute atomic E-state index is 13.3. The molecule has 0 aromatic carbocycles. The number of unbranched alkanes of at least 4 members (excludes halogenated alkanes) is 2. The van der Waals surface area contributed by atoms with Gasteiger partial charge >= 0.3 is 5.97 Å². The van der Waals surface area contributed by atoms with Crippen LogP contribution in [-0.2, 0) is 9.53 Å². The predicted octanol–water partition coefficient (Wildman–Crippen LogP) is 9.77. The van der Waals surface area contributed by atoms with Crippen LogP contribution >= 0.6 is 0 Å². The second kappa shape index (κ2) is 10.9. The van der Waals surface area contributed by atoms with Crippen LogP contribution < -0.4 is 0 Å². The molecular weight excluding hydrogens is 428 g/mol. The number of ether oxygens (including phenoxy) is 1. The quantitative estimate of drug-likeness (QED) is 0.165. The Morgan fingerprint density at radius 3 is 2.29 bits per heavy atom. The minimum absolute atomic E-state index is 0.0708. The molecule has 2 heteroatoms. The third kappa shape index (κ3) is 5.03. The van der Waals surface area contributed by atoms with Gasteiger partial charge in [-0.1, -0.05) is 85.8 Å². The number of carbonyl (C=O) groups excluding carboxylic acids is 1. The monoisotopic (exact) mass is 486 g/mol. The van der Waals surface area contributed by atoms with Gasteiger partial charge in [0.1, 0.15) is 0 Å². The molecule has 35 heavy (non-hydrogen) atoms. The Labute approximate surface area is 218 Å². The van der Waals surface area contributed by atoms with Crippen LogP contribution in [0, 0.1) is 45.3 Å². The number of rotatable bonds is 11. The Hall–Kier alpha value is -0.790. The van der Waals surface area contributed by atoms with Crippen molar-refractivity contribution in [3.8, 4) is 0 Å². The van der Waals surface area contributed by atoms with Crippen LogP contribution in [0.1, 0.15) is 138 Å². The summed E-state index contributed by atoms with van der Waals surface area (Å²) in [5.74, 6) is 2.35. The Morgan fingerprint density at radius 2 is 1.69 bits per heavy atom. The van der Waals surface area contributed by atoms with E-state index in [0.717, 1.165) is 25.2 Å². The van der Waals surface area contributed by atoms with Gasteiger partial charge in [-0.3, -0.25) is 4.79 Å². The highest BCUT2D eigenvalue weighted by molar-refractivity contribution is 5.78. The first kappa shape index (κ1) is 28.8. The van der Waals surface area contributed by atoms with Gasteiger partial charge in [0.15, 0.2) is 0 Å². The molecule has 3 aliphatic rings. The van der Waals surface area contributed by atoms with Gasteiger partial charge in [0.2, 0.25) is 0 Å². The largest absolute Gasteiger partial charge is 0.469 e. The molecule has 0 aliphatic heterocycles. The van der Waals surface area contributed by atoms with Gasteiger partial charge in [0.05, 0.1) is 12.5 Å². The highest BCUT2D eigenvalue weighted by Crippen LogP contribution is 2.72. The van der Waals surface area contributed by atoms with Crippen LogP contribution in [0.5, 0.6) is 0 Å². The van der Waals surface area contributed by atoms with Gasteiger partial charge in [0, 0.05) is 0 Å². The fraction of sp³-hybridized carbons (Fsp3) is 0.909. The SMILES string of the molecule is C=C(C)[C@@H]1CC[C@]2(C(=O)OC)CC[C@]3(C)C(CCC(CC)[C@@]3(C)CCCC(C)(C)CCCCC)C12. The molecule has 0 spiro atoms. The summed E-state index contributed by atoms with van der Waals surface area (Å²) in [5, 5.41) is 0. The van der Waals surface area contributed by atoms with Gasteiger partial charge in [0.25, 0.3) is 0 Å². The molecule has 3 rings (SSSR count). The summed E-state index contributed by atoms with van der Waals surface area (Å²) in [4.78, 5) is 13.3. The minimum atomic E-state index is -0.274. The van der Waals surface area contributed by atoms with Crippen LogP contribution in [0.15, 0.2) is 12.2 Å². The second-order valence-corrected chi connectivity index (χ2v) is 14.3. The Balaban J connectivity index is 1.88. The second-order valence-electron chi connectivity index (χ2n) is 14.3. The summed E-state index contributed by atoms with van der Waals surface area (Å²) in [6, 6.07) is 0. The van der Waals surface area contributed by atoms with Crippen molar-refractivity contribution in [3.63, 3.8) is 0 Å². The first-order valence-electron chi connectivity index (χ1n) is 15.2. The summed E-state index contributed by atoms with van der Waals surface area (Å²) in [6.07, 6.45) is 17.6. The average Bonchev–Trinajstić information content (AvgIpc) is 3.21.